The summed E-state index contributed by atoms with van der Waals surface area (Å²) >= 11 is 0.969. The van der Waals surface area contributed by atoms with Crippen LogP contribution >= 0.6 is 11.9 Å². The third kappa shape index (κ3) is 6.66. The molecule has 0 aliphatic carbocycles. The standard InChI is InChI=1S/C27H25F3N4O5S/c1-36-14-15-39-22-16-17(12-13-19(22)27(28,29)30)31-26(35)34(18-8-5-4-6-9-18)40-24-23-20(32-25(33-24)38-3)10-7-11-21(23)37-2/h4-13,16H,14-15H2,1-3H3,(H,31,35). The first-order chi connectivity index (χ1) is 19.2. The SMILES string of the molecule is COCCOc1cc(NC(=O)N(Sc2nc(OC)nc3cccc(OC)c23)c2ccccc2)ccc1C(F)(F)F. The quantitative estimate of drug-likeness (QED) is 0.131. The first kappa shape index (κ1) is 28.8. The van der Waals surface area contributed by atoms with Gasteiger partial charge in [0.25, 0.3) is 0 Å². The van der Waals surface area contributed by atoms with Crippen LogP contribution in [0.25, 0.3) is 10.9 Å². The molecule has 4 rings (SSSR count). The molecule has 0 fully saturated rings. The summed E-state index contributed by atoms with van der Waals surface area (Å²) < 4.78 is 62.9. The average molecular weight is 575 g/mol. The Labute approximate surface area is 232 Å². The number of carbonyl (C=O) groups excluding carboxylic acids is 1. The number of benzene rings is 3. The fraction of sp³-hybridized carbons (Fsp3) is 0.222. The van der Waals surface area contributed by atoms with Crippen LogP contribution in [0.5, 0.6) is 17.5 Å². The number of aromatic nitrogens is 2. The van der Waals surface area contributed by atoms with Gasteiger partial charge in [-0.25, -0.2) is 9.10 Å². The number of urea groups is 1. The molecule has 0 saturated heterocycles. The lowest BCUT2D eigenvalue weighted by Crippen LogP contribution is -2.29. The Hall–Kier alpha value is -4.23. The number of para-hydroxylation sites is 1. The highest BCUT2D eigenvalue weighted by molar-refractivity contribution is 8.01. The predicted molar refractivity (Wildman–Crippen MR) is 145 cm³/mol. The number of methoxy groups -OCH3 is 3. The summed E-state index contributed by atoms with van der Waals surface area (Å²) in [5.74, 6) is 0.0502. The van der Waals surface area contributed by atoms with Crippen LogP contribution in [0.4, 0.5) is 29.3 Å². The van der Waals surface area contributed by atoms with Crippen molar-refractivity contribution in [1.82, 2.24) is 9.97 Å². The van der Waals surface area contributed by atoms with Crippen molar-refractivity contribution < 1.29 is 36.9 Å². The zero-order valence-electron chi connectivity index (χ0n) is 21.7. The van der Waals surface area contributed by atoms with E-state index in [1.54, 1.807) is 48.5 Å². The van der Waals surface area contributed by atoms with E-state index < -0.39 is 23.5 Å². The lowest BCUT2D eigenvalue weighted by Gasteiger charge is -2.23. The largest absolute Gasteiger partial charge is 0.496 e. The third-order valence-electron chi connectivity index (χ3n) is 5.47. The summed E-state index contributed by atoms with van der Waals surface area (Å²) in [5.41, 5.74) is 0.133. The van der Waals surface area contributed by atoms with Gasteiger partial charge in [0.05, 0.1) is 43.0 Å². The van der Waals surface area contributed by atoms with Gasteiger partial charge in [-0.15, -0.1) is 0 Å². The Morgan fingerprint density at radius 1 is 0.925 bits per heavy atom. The van der Waals surface area contributed by atoms with Crippen molar-refractivity contribution >= 4 is 40.3 Å². The van der Waals surface area contributed by atoms with Crippen LogP contribution in [0.3, 0.4) is 0 Å². The molecule has 0 saturated carbocycles. The zero-order chi connectivity index (χ0) is 28.7. The van der Waals surface area contributed by atoms with Gasteiger partial charge in [-0.2, -0.15) is 23.1 Å². The molecule has 210 valence electrons. The summed E-state index contributed by atoms with van der Waals surface area (Å²) in [6.07, 6.45) is -4.65. The second-order valence-corrected chi connectivity index (χ2v) is 9.01. The van der Waals surface area contributed by atoms with Crippen molar-refractivity contribution in [2.75, 3.05) is 44.2 Å². The van der Waals surface area contributed by atoms with E-state index in [1.807, 2.05) is 0 Å². The lowest BCUT2D eigenvalue weighted by atomic mass is 10.1. The van der Waals surface area contributed by atoms with Crippen molar-refractivity contribution in [1.29, 1.82) is 0 Å². The molecule has 0 atom stereocenters. The molecule has 40 heavy (non-hydrogen) atoms. The van der Waals surface area contributed by atoms with Gasteiger partial charge in [0.2, 0.25) is 0 Å². The molecular weight excluding hydrogens is 549 g/mol. The molecule has 0 unspecified atom stereocenters. The van der Waals surface area contributed by atoms with Gasteiger partial charge in [-0.1, -0.05) is 24.3 Å². The number of amides is 2. The van der Waals surface area contributed by atoms with E-state index in [2.05, 4.69) is 15.3 Å². The fourth-order valence-corrected chi connectivity index (χ4v) is 4.59. The number of nitrogens with zero attached hydrogens (tertiary/aromatic N) is 3. The maximum Gasteiger partial charge on any atom is 0.419 e. The van der Waals surface area contributed by atoms with Crippen molar-refractivity contribution in [3.05, 3.63) is 72.3 Å². The Kier molecular flexibility index (Phi) is 9.17. The minimum atomic E-state index is -4.65. The lowest BCUT2D eigenvalue weighted by molar-refractivity contribution is -0.139. The number of fused-ring (bicyclic) bond motifs is 1. The summed E-state index contributed by atoms with van der Waals surface area (Å²) in [4.78, 5) is 22.4. The van der Waals surface area contributed by atoms with Crippen LogP contribution in [0.1, 0.15) is 5.56 Å². The van der Waals surface area contributed by atoms with Crippen LogP contribution in [-0.4, -0.2) is 50.5 Å². The predicted octanol–water partition coefficient (Wildman–Crippen LogP) is 6.44. The van der Waals surface area contributed by atoms with E-state index in [-0.39, 0.29) is 24.9 Å². The highest BCUT2D eigenvalue weighted by atomic mass is 32.2. The summed E-state index contributed by atoms with van der Waals surface area (Å²) in [7, 11) is 4.34. The van der Waals surface area contributed by atoms with Crippen LogP contribution < -0.4 is 23.8 Å². The number of hydrogen-bond acceptors (Lipinski definition) is 8. The average Bonchev–Trinajstić information content (AvgIpc) is 2.95. The van der Waals surface area contributed by atoms with Crippen LogP contribution in [0.15, 0.2) is 71.8 Å². The minimum absolute atomic E-state index is 0.0808. The van der Waals surface area contributed by atoms with E-state index in [4.69, 9.17) is 18.9 Å². The third-order valence-corrected chi connectivity index (χ3v) is 6.50. The molecule has 3 aromatic carbocycles. The molecule has 2 amide bonds. The number of alkyl halides is 3. The molecule has 1 heterocycles. The highest BCUT2D eigenvalue weighted by Gasteiger charge is 2.34. The topological polar surface area (TPSA) is 95.0 Å². The number of carbonyl (C=O) groups is 1. The van der Waals surface area contributed by atoms with E-state index in [1.165, 1.54) is 25.6 Å². The Morgan fingerprint density at radius 2 is 1.70 bits per heavy atom. The summed E-state index contributed by atoms with van der Waals surface area (Å²) in [5, 5.41) is 3.56. The van der Waals surface area contributed by atoms with Gasteiger partial charge < -0.3 is 24.3 Å². The zero-order valence-corrected chi connectivity index (χ0v) is 22.5. The molecule has 9 nitrogen and oxygen atoms in total. The number of rotatable bonds is 10. The van der Waals surface area contributed by atoms with Crippen LogP contribution in [0, 0.1) is 0 Å². The van der Waals surface area contributed by atoms with Gasteiger partial charge in [0, 0.05) is 30.8 Å². The fourth-order valence-electron chi connectivity index (χ4n) is 3.65. The molecule has 0 spiro atoms. The second-order valence-electron chi connectivity index (χ2n) is 8.07. The molecule has 1 aromatic heterocycles. The number of ether oxygens (including phenoxy) is 4. The van der Waals surface area contributed by atoms with E-state index >= 15 is 0 Å². The smallest absolute Gasteiger partial charge is 0.419 e. The van der Waals surface area contributed by atoms with Gasteiger partial charge in [-0.3, -0.25) is 0 Å². The molecule has 0 aliphatic rings. The van der Waals surface area contributed by atoms with Crippen molar-refractivity contribution in [3.8, 4) is 17.5 Å². The number of halogens is 3. The molecule has 0 radical (unpaired) electrons. The summed E-state index contributed by atoms with van der Waals surface area (Å²) in [6.45, 7) is -0.0143. The van der Waals surface area contributed by atoms with Gasteiger partial charge in [0.15, 0.2) is 0 Å². The van der Waals surface area contributed by atoms with Gasteiger partial charge >= 0.3 is 18.2 Å². The molecule has 0 bridgehead atoms. The molecular formula is C27H25F3N4O5S. The van der Waals surface area contributed by atoms with Crippen molar-refractivity contribution in [3.63, 3.8) is 0 Å². The molecule has 0 aliphatic heterocycles. The van der Waals surface area contributed by atoms with E-state index in [0.717, 1.165) is 30.1 Å². The summed E-state index contributed by atoms with van der Waals surface area (Å²) in [6, 6.07) is 16.5. The van der Waals surface area contributed by atoms with Crippen LogP contribution in [0.2, 0.25) is 0 Å². The highest BCUT2D eigenvalue weighted by Crippen LogP contribution is 2.40. The molecule has 1 N–H and O–H groups in total. The van der Waals surface area contributed by atoms with Gasteiger partial charge in [-0.05, 0) is 36.4 Å². The maximum atomic E-state index is 13.6. The first-order valence-electron chi connectivity index (χ1n) is 11.8. The minimum Gasteiger partial charge on any atom is -0.496 e. The second kappa shape index (κ2) is 12.7. The van der Waals surface area contributed by atoms with Crippen molar-refractivity contribution in [2.24, 2.45) is 0 Å². The first-order valence-corrected chi connectivity index (χ1v) is 12.6. The number of anilines is 2. The molecule has 4 aromatic rings. The normalized spacial score (nSPS) is 11.2. The Bertz CT molecular complexity index is 1470. The monoisotopic (exact) mass is 574 g/mol. The molecule has 13 heteroatoms. The van der Waals surface area contributed by atoms with Crippen molar-refractivity contribution in [2.45, 2.75) is 11.2 Å². The maximum absolute atomic E-state index is 13.6. The van der Waals surface area contributed by atoms with E-state index in [9.17, 15) is 18.0 Å². The number of hydrogen-bond donors (Lipinski definition) is 1. The number of nitrogens with one attached hydrogen (secondary N) is 1. The Morgan fingerprint density at radius 3 is 2.38 bits per heavy atom. The van der Waals surface area contributed by atoms with Crippen LogP contribution in [-0.2, 0) is 10.9 Å². The Balaban J connectivity index is 1.72. The van der Waals surface area contributed by atoms with Gasteiger partial charge in [0.1, 0.15) is 23.1 Å². The van der Waals surface area contributed by atoms with E-state index in [0.29, 0.717) is 27.4 Å².